The van der Waals surface area contributed by atoms with Crippen LogP contribution in [-0.2, 0) is 26.2 Å². The summed E-state index contributed by atoms with van der Waals surface area (Å²) < 4.78 is 42.2. The van der Waals surface area contributed by atoms with Gasteiger partial charge in [0.25, 0.3) is 10.0 Å². The summed E-state index contributed by atoms with van der Waals surface area (Å²) in [4.78, 5) is 28.6. The van der Waals surface area contributed by atoms with Gasteiger partial charge in [-0.2, -0.15) is 0 Å². The lowest BCUT2D eigenvalue weighted by molar-refractivity contribution is -0.141. The van der Waals surface area contributed by atoms with Crippen LogP contribution in [0.25, 0.3) is 0 Å². The molecule has 0 saturated carbocycles. The molecule has 41 heavy (non-hydrogen) atoms. The number of carbonyl (C=O) groups excluding carboxylic acids is 2. The van der Waals surface area contributed by atoms with Gasteiger partial charge < -0.3 is 10.2 Å². The predicted molar refractivity (Wildman–Crippen MR) is 161 cm³/mol. The predicted octanol–water partition coefficient (Wildman–Crippen LogP) is 6.36. The minimum absolute atomic E-state index is 0.0662. The van der Waals surface area contributed by atoms with E-state index in [1.54, 1.807) is 43.3 Å². The molecule has 0 bridgehead atoms. The van der Waals surface area contributed by atoms with Gasteiger partial charge in [-0.25, -0.2) is 12.8 Å². The highest BCUT2D eigenvalue weighted by molar-refractivity contribution is 7.92. The number of amides is 2. The second-order valence-electron chi connectivity index (χ2n) is 10.7. The number of hydrogen-bond acceptors (Lipinski definition) is 4. The molecule has 0 fully saturated rings. The second kappa shape index (κ2) is 13.2. The lowest BCUT2D eigenvalue weighted by Gasteiger charge is -2.35. The van der Waals surface area contributed by atoms with Crippen molar-refractivity contribution in [3.8, 4) is 0 Å². The fourth-order valence-corrected chi connectivity index (χ4v) is 6.06. The Morgan fingerprint density at radius 1 is 0.976 bits per heavy atom. The average Bonchev–Trinajstić information content (AvgIpc) is 2.88. The van der Waals surface area contributed by atoms with Crippen molar-refractivity contribution in [3.05, 3.63) is 93.7 Å². The van der Waals surface area contributed by atoms with Crippen molar-refractivity contribution < 1.29 is 22.4 Å². The van der Waals surface area contributed by atoms with E-state index in [-0.39, 0.29) is 29.5 Å². The van der Waals surface area contributed by atoms with Crippen molar-refractivity contribution in [1.29, 1.82) is 0 Å². The number of carbonyl (C=O) groups is 2. The van der Waals surface area contributed by atoms with Crippen LogP contribution in [0.1, 0.15) is 45.2 Å². The van der Waals surface area contributed by atoms with E-state index >= 15 is 0 Å². The molecule has 0 saturated heterocycles. The molecule has 11 heteroatoms. The molecule has 3 aromatic rings. The van der Waals surface area contributed by atoms with E-state index in [1.165, 1.54) is 11.0 Å². The summed E-state index contributed by atoms with van der Waals surface area (Å²) in [6.07, 6.45) is 0.258. The summed E-state index contributed by atoms with van der Waals surface area (Å²) in [5.41, 5.74) is 1.10. The van der Waals surface area contributed by atoms with Gasteiger partial charge in [-0.05, 0) is 88.2 Å². The highest BCUT2D eigenvalue weighted by Gasteiger charge is 2.35. The largest absolute Gasteiger partial charge is 0.350 e. The van der Waals surface area contributed by atoms with Crippen LogP contribution in [-0.4, -0.2) is 43.3 Å². The molecule has 0 spiro atoms. The molecule has 3 aromatic carbocycles. The van der Waals surface area contributed by atoms with Gasteiger partial charge in [0.1, 0.15) is 18.4 Å². The Hall–Kier alpha value is -3.14. The Kier molecular flexibility index (Phi) is 10.4. The highest BCUT2D eigenvalue weighted by Crippen LogP contribution is 2.27. The molecule has 1 atom stereocenters. The van der Waals surface area contributed by atoms with E-state index in [1.807, 2.05) is 27.7 Å². The molecule has 0 heterocycles. The van der Waals surface area contributed by atoms with E-state index in [4.69, 9.17) is 23.2 Å². The molecule has 1 N–H and O–H groups in total. The lowest BCUT2D eigenvalue weighted by atomic mass is 10.1. The Morgan fingerprint density at radius 2 is 1.59 bits per heavy atom. The van der Waals surface area contributed by atoms with Crippen molar-refractivity contribution in [2.75, 3.05) is 10.8 Å². The SMILES string of the molecule is CCC(C(=O)NC(C)(C)C)N(Cc1ccc(Cl)cc1Cl)C(=O)CN(c1ccc(C)cc1)S(=O)(=O)c1ccc(F)cc1. The fraction of sp³-hybridized carbons (Fsp3) is 0.333. The topological polar surface area (TPSA) is 86.8 Å². The zero-order chi connectivity index (χ0) is 30.5. The Balaban J connectivity index is 2.09. The zero-order valence-corrected chi connectivity index (χ0v) is 25.9. The first-order valence-corrected chi connectivity index (χ1v) is 15.2. The number of aryl methyl sites for hydroxylation is 1. The van der Waals surface area contributed by atoms with Crippen molar-refractivity contribution in [1.82, 2.24) is 10.2 Å². The Labute approximate surface area is 251 Å². The minimum Gasteiger partial charge on any atom is -0.350 e. The van der Waals surface area contributed by atoms with Crippen LogP contribution in [0, 0.1) is 12.7 Å². The van der Waals surface area contributed by atoms with Gasteiger partial charge in [0.2, 0.25) is 11.8 Å². The minimum atomic E-state index is -4.31. The summed E-state index contributed by atoms with van der Waals surface area (Å²) in [7, 11) is -4.31. The maximum Gasteiger partial charge on any atom is 0.264 e. The molecular weight excluding hydrogens is 588 g/mol. The Morgan fingerprint density at radius 3 is 2.12 bits per heavy atom. The third kappa shape index (κ3) is 8.44. The van der Waals surface area contributed by atoms with Crippen LogP contribution in [0.3, 0.4) is 0 Å². The molecule has 0 aliphatic heterocycles. The highest BCUT2D eigenvalue weighted by atomic mass is 35.5. The number of sulfonamides is 1. The fourth-order valence-electron chi connectivity index (χ4n) is 4.18. The van der Waals surface area contributed by atoms with Crippen LogP contribution < -0.4 is 9.62 Å². The Bertz CT molecular complexity index is 1490. The molecule has 7 nitrogen and oxygen atoms in total. The smallest absolute Gasteiger partial charge is 0.264 e. The van der Waals surface area contributed by atoms with Crippen molar-refractivity contribution in [2.24, 2.45) is 0 Å². The van der Waals surface area contributed by atoms with Gasteiger partial charge in [0.15, 0.2) is 0 Å². The number of halogens is 3. The maximum atomic E-state index is 14.1. The van der Waals surface area contributed by atoms with E-state index in [0.717, 1.165) is 34.1 Å². The molecule has 3 rings (SSSR count). The number of nitrogens with one attached hydrogen (secondary N) is 1. The number of anilines is 1. The molecule has 0 radical (unpaired) electrons. The van der Waals surface area contributed by atoms with Gasteiger partial charge in [0.05, 0.1) is 10.6 Å². The molecule has 1 unspecified atom stereocenters. The van der Waals surface area contributed by atoms with Crippen LogP contribution >= 0.6 is 23.2 Å². The summed E-state index contributed by atoms with van der Waals surface area (Å²) >= 11 is 12.5. The molecule has 0 aliphatic rings. The first kappa shape index (κ1) is 32.4. The van der Waals surface area contributed by atoms with Crippen LogP contribution in [0.5, 0.6) is 0 Å². The van der Waals surface area contributed by atoms with Crippen LogP contribution in [0.15, 0.2) is 71.6 Å². The standard InChI is InChI=1S/C30H34Cl2FN3O4S/c1-6-27(29(38)34-30(3,4)5)35(18-21-9-10-22(31)17-26(21)32)28(37)19-36(24-13-7-20(2)8-14-24)41(39,40)25-15-11-23(33)12-16-25/h7-17,27H,6,18-19H2,1-5H3,(H,34,38). The third-order valence-electron chi connectivity index (χ3n) is 6.24. The lowest BCUT2D eigenvalue weighted by Crippen LogP contribution is -2.55. The molecule has 220 valence electrons. The van der Waals surface area contributed by atoms with Crippen molar-refractivity contribution in [2.45, 2.75) is 64.1 Å². The summed E-state index contributed by atoms with van der Waals surface area (Å²) in [5, 5.41) is 3.62. The third-order valence-corrected chi connectivity index (χ3v) is 8.62. The molecule has 0 aliphatic carbocycles. The van der Waals surface area contributed by atoms with Gasteiger partial charge in [-0.1, -0.05) is 53.9 Å². The summed E-state index contributed by atoms with van der Waals surface area (Å²) in [6, 6.07) is 14.9. The average molecular weight is 623 g/mol. The van der Waals surface area contributed by atoms with Gasteiger partial charge in [-0.3, -0.25) is 13.9 Å². The summed E-state index contributed by atoms with van der Waals surface area (Å²) in [6.45, 7) is 8.42. The number of nitrogens with zero attached hydrogens (tertiary/aromatic N) is 2. The van der Waals surface area contributed by atoms with Gasteiger partial charge in [-0.15, -0.1) is 0 Å². The number of rotatable bonds is 10. The van der Waals surface area contributed by atoms with Crippen molar-refractivity contribution >= 4 is 50.7 Å². The second-order valence-corrected chi connectivity index (χ2v) is 13.4. The number of hydrogen-bond donors (Lipinski definition) is 1. The van der Waals surface area contributed by atoms with Gasteiger partial charge >= 0.3 is 0 Å². The molecule has 2 amide bonds. The summed E-state index contributed by atoms with van der Waals surface area (Å²) in [5.74, 6) is -1.61. The van der Waals surface area contributed by atoms with Crippen LogP contribution in [0.2, 0.25) is 10.0 Å². The number of benzene rings is 3. The molecular formula is C30H34Cl2FN3O4S. The first-order valence-electron chi connectivity index (χ1n) is 13.0. The first-order chi connectivity index (χ1) is 19.1. The van der Waals surface area contributed by atoms with Gasteiger partial charge in [0, 0.05) is 22.1 Å². The van der Waals surface area contributed by atoms with E-state index in [2.05, 4.69) is 5.32 Å². The zero-order valence-electron chi connectivity index (χ0n) is 23.6. The van der Waals surface area contributed by atoms with E-state index in [0.29, 0.717) is 15.6 Å². The normalized spacial score (nSPS) is 12.5. The van der Waals surface area contributed by atoms with E-state index < -0.39 is 39.9 Å². The van der Waals surface area contributed by atoms with Crippen molar-refractivity contribution in [3.63, 3.8) is 0 Å². The molecule has 0 aromatic heterocycles. The van der Waals surface area contributed by atoms with E-state index in [9.17, 15) is 22.4 Å². The quantitative estimate of drug-likeness (QED) is 0.285. The maximum absolute atomic E-state index is 14.1. The monoisotopic (exact) mass is 621 g/mol. The van der Waals surface area contributed by atoms with Crippen LogP contribution in [0.4, 0.5) is 10.1 Å².